The van der Waals surface area contributed by atoms with Crippen LogP contribution in [0.15, 0.2) is 11.6 Å². The highest BCUT2D eigenvalue weighted by Gasteiger charge is 2.69. The first-order chi connectivity index (χ1) is 16.2. The van der Waals surface area contributed by atoms with Gasteiger partial charge in [0.25, 0.3) is 0 Å². The van der Waals surface area contributed by atoms with E-state index in [4.69, 9.17) is 0 Å². The van der Waals surface area contributed by atoms with E-state index >= 15 is 0 Å². The molecule has 5 heteroatoms. The van der Waals surface area contributed by atoms with Crippen LogP contribution in [0.4, 0.5) is 0 Å². The topological polar surface area (TPSA) is 101 Å². The first-order valence-electron chi connectivity index (χ1n) is 14.1. The van der Waals surface area contributed by atoms with Crippen LogP contribution in [-0.2, 0) is 0 Å². The molecule has 12 unspecified atom stereocenters. The average molecular weight is 491 g/mol. The molecule has 4 fully saturated rings. The smallest absolute Gasteiger partial charge is 0.0880 e. The Bertz CT molecular complexity index is 903. The average Bonchev–Trinajstić information content (AvgIpc) is 2.82. The summed E-state index contributed by atoms with van der Waals surface area (Å²) in [7, 11) is 0. The van der Waals surface area contributed by atoms with Crippen LogP contribution in [0.5, 0.6) is 0 Å². The zero-order chi connectivity index (χ0) is 25.8. The molecule has 35 heavy (non-hydrogen) atoms. The Morgan fingerprint density at radius 2 is 1.46 bits per heavy atom. The van der Waals surface area contributed by atoms with E-state index in [1.54, 1.807) is 0 Å². The lowest BCUT2D eigenvalue weighted by Gasteiger charge is -2.72. The maximum atomic E-state index is 11.3. The number of aliphatic hydroxyl groups is 5. The molecule has 0 amide bonds. The highest BCUT2D eigenvalue weighted by molar-refractivity contribution is 5.34. The second-order valence-corrected chi connectivity index (χ2v) is 15.0. The lowest BCUT2D eigenvalue weighted by molar-refractivity contribution is -0.229. The van der Waals surface area contributed by atoms with Crippen LogP contribution in [-0.4, -0.2) is 57.1 Å². The fraction of sp³-hybridized carbons (Fsp3) is 0.933. The van der Waals surface area contributed by atoms with Gasteiger partial charge in [0.05, 0.1) is 31.5 Å². The van der Waals surface area contributed by atoms with Gasteiger partial charge in [0.2, 0.25) is 0 Å². The molecule has 0 saturated heterocycles. The third-order valence-electron chi connectivity index (χ3n) is 13.7. The van der Waals surface area contributed by atoms with Gasteiger partial charge >= 0.3 is 0 Å². The van der Waals surface area contributed by atoms with Gasteiger partial charge in [0, 0.05) is 16.2 Å². The molecule has 0 aromatic heterocycles. The first kappa shape index (κ1) is 26.2. The summed E-state index contributed by atoms with van der Waals surface area (Å²) in [4.78, 5) is 0. The second-order valence-electron chi connectivity index (χ2n) is 15.0. The minimum atomic E-state index is -0.912. The van der Waals surface area contributed by atoms with Gasteiger partial charge in [0.15, 0.2) is 0 Å². The monoisotopic (exact) mass is 490 g/mol. The van der Waals surface area contributed by atoms with Crippen molar-refractivity contribution in [2.24, 2.45) is 50.2 Å². The van der Waals surface area contributed by atoms with Gasteiger partial charge in [-0.05, 0) is 85.4 Å². The zero-order valence-electron chi connectivity index (χ0n) is 22.8. The molecule has 0 heterocycles. The largest absolute Gasteiger partial charge is 0.396 e. The Morgan fingerprint density at radius 1 is 0.771 bits per heavy atom. The van der Waals surface area contributed by atoms with Crippen LogP contribution in [0, 0.1) is 50.2 Å². The van der Waals surface area contributed by atoms with Gasteiger partial charge in [-0.25, -0.2) is 0 Å². The summed E-state index contributed by atoms with van der Waals surface area (Å²) in [5.74, 6) is 0.933. The van der Waals surface area contributed by atoms with Crippen molar-refractivity contribution in [3.63, 3.8) is 0 Å². The third kappa shape index (κ3) is 3.00. The Morgan fingerprint density at radius 3 is 2.09 bits per heavy atom. The molecule has 0 aliphatic heterocycles. The van der Waals surface area contributed by atoms with E-state index in [1.165, 1.54) is 5.57 Å². The standard InChI is InChI=1S/C30H50O5/c1-25(16-31)15-19-18-7-8-21-27(3)11-10-22(33)28(4,17-32)20(27)9-12-30(21,6)29(18,5)14-13-26(19,2)24(35)23(25)34/h7,19-24,31-35H,8-17H2,1-6H3. The summed E-state index contributed by atoms with van der Waals surface area (Å²) < 4.78 is 0. The summed E-state index contributed by atoms with van der Waals surface area (Å²) in [6, 6.07) is 0. The fourth-order valence-electron chi connectivity index (χ4n) is 10.8. The molecule has 5 aliphatic carbocycles. The normalized spacial score (nSPS) is 60.0. The summed E-state index contributed by atoms with van der Waals surface area (Å²) in [6.07, 6.45) is 7.73. The minimum absolute atomic E-state index is 0.00185. The highest BCUT2D eigenvalue weighted by Crippen LogP contribution is 2.75. The van der Waals surface area contributed by atoms with Crippen molar-refractivity contribution >= 4 is 0 Å². The minimum Gasteiger partial charge on any atom is -0.396 e. The molecule has 4 saturated carbocycles. The molecule has 5 nitrogen and oxygen atoms in total. The third-order valence-corrected chi connectivity index (χ3v) is 13.7. The Kier molecular flexibility index (Phi) is 5.82. The summed E-state index contributed by atoms with van der Waals surface area (Å²) >= 11 is 0. The number of hydrogen-bond donors (Lipinski definition) is 5. The van der Waals surface area contributed by atoms with E-state index in [0.717, 1.165) is 44.9 Å². The molecule has 5 N–H and O–H groups in total. The Labute approximate surface area is 212 Å². The quantitative estimate of drug-likeness (QED) is 0.376. The predicted molar refractivity (Wildman–Crippen MR) is 136 cm³/mol. The lowest BCUT2D eigenvalue weighted by Crippen LogP contribution is -2.67. The molecular formula is C30H50O5. The first-order valence-corrected chi connectivity index (χ1v) is 14.1. The summed E-state index contributed by atoms with van der Waals surface area (Å²) in [5.41, 5.74) is 0.0879. The predicted octanol–water partition coefficient (Wildman–Crippen LogP) is 4.06. The summed E-state index contributed by atoms with van der Waals surface area (Å²) in [6.45, 7) is 13.5. The van der Waals surface area contributed by atoms with Gasteiger partial charge in [-0.15, -0.1) is 0 Å². The molecule has 0 spiro atoms. The second kappa shape index (κ2) is 7.79. The van der Waals surface area contributed by atoms with Crippen molar-refractivity contribution in [2.45, 2.75) is 111 Å². The molecule has 12 atom stereocenters. The van der Waals surface area contributed by atoms with Crippen molar-refractivity contribution in [3.05, 3.63) is 11.6 Å². The van der Waals surface area contributed by atoms with Crippen LogP contribution in [0.25, 0.3) is 0 Å². The lowest BCUT2D eigenvalue weighted by atomic mass is 9.33. The van der Waals surface area contributed by atoms with E-state index in [2.05, 4.69) is 40.7 Å². The Balaban J connectivity index is 1.58. The summed E-state index contributed by atoms with van der Waals surface area (Å²) in [5, 5.41) is 53.9. The van der Waals surface area contributed by atoms with E-state index < -0.39 is 29.1 Å². The van der Waals surface area contributed by atoms with Crippen molar-refractivity contribution in [2.75, 3.05) is 13.2 Å². The number of allylic oxidation sites excluding steroid dienone is 2. The van der Waals surface area contributed by atoms with E-state index in [-0.39, 0.29) is 40.8 Å². The van der Waals surface area contributed by atoms with Gasteiger partial charge in [-0.3, -0.25) is 0 Å². The van der Waals surface area contributed by atoms with Gasteiger partial charge in [0.1, 0.15) is 0 Å². The molecule has 0 radical (unpaired) electrons. The van der Waals surface area contributed by atoms with Crippen LogP contribution >= 0.6 is 0 Å². The van der Waals surface area contributed by atoms with Crippen LogP contribution in [0.1, 0.15) is 92.9 Å². The number of aliphatic hydroxyl groups excluding tert-OH is 5. The van der Waals surface area contributed by atoms with Gasteiger partial charge < -0.3 is 25.5 Å². The van der Waals surface area contributed by atoms with Gasteiger partial charge in [-0.1, -0.05) is 53.2 Å². The van der Waals surface area contributed by atoms with Crippen LogP contribution < -0.4 is 0 Å². The number of fused-ring (bicyclic) bond motifs is 7. The van der Waals surface area contributed by atoms with Crippen molar-refractivity contribution < 1.29 is 25.5 Å². The Hall–Kier alpha value is -0.460. The maximum absolute atomic E-state index is 11.3. The molecule has 0 bridgehead atoms. The highest BCUT2D eigenvalue weighted by atomic mass is 16.3. The van der Waals surface area contributed by atoms with Crippen molar-refractivity contribution in [3.8, 4) is 0 Å². The van der Waals surface area contributed by atoms with Gasteiger partial charge in [-0.2, -0.15) is 0 Å². The number of hydrogen-bond acceptors (Lipinski definition) is 5. The molecule has 200 valence electrons. The maximum Gasteiger partial charge on any atom is 0.0880 e. The van der Waals surface area contributed by atoms with E-state index in [1.807, 2.05) is 6.92 Å². The fourth-order valence-corrected chi connectivity index (χ4v) is 10.8. The van der Waals surface area contributed by atoms with Crippen molar-refractivity contribution in [1.82, 2.24) is 0 Å². The van der Waals surface area contributed by atoms with Crippen molar-refractivity contribution in [1.29, 1.82) is 0 Å². The van der Waals surface area contributed by atoms with Crippen LogP contribution in [0.2, 0.25) is 0 Å². The molecule has 0 aromatic carbocycles. The van der Waals surface area contributed by atoms with E-state index in [0.29, 0.717) is 18.3 Å². The SMILES string of the molecule is CC1(CO)CC2C3=CCC4C5(C)CCC(O)C(C)(CO)C5CCC4(C)C3(C)CCC2(C)C(O)C1O. The zero-order valence-corrected chi connectivity index (χ0v) is 22.8. The molecule has 0 aromatic rings. The molecular weight excluding hydrogens is 440 g/mol. The number of rotatable bonds is 2. The molecule has 5 rings (SSSR count). The van der Waals surface area contributed by atoms with E-state index in [9.17, 15) is 25.5 Å². The van der Waals surface area contributed by atoms with Crippen LogP contribution in [0.3, 0.4) is 0 Å². The molecule has 5 aliphatic rings.